The van der Waals surface area contributed by atoms with Crippen molar-refractivity contribution in [3.8, 4) is 0 Å². The third-order valence-electron chi connectivity index (χ3n) is 5.22. The van der Waals surface area contributed by atoms with E-state index in [1.807, 2.05) is 18.2 Å². The van der Waals surface area contributed by atoms with E-state index in [0.29, 0.717) is 37.5 Å². The number of aromatic nitrogens is 1. The number of hydrogen-bond acceptors (Lipinski definition) is 4. The molecule has 2 saturated heterocycles. The van der Waals surface area contributed by atoms with Gasteiger partial charge in [-0.1, -0.05) is 35.5 Å². The first-order chi connectivity index (χ1) is 11.6. The zero-order chi connectivity index (χ0) is 16.7. The van der Waals surface area contributed by atoms with Crippen molar-refractivity contribution in [2.24, 2.45) is 5.41 Å². The molecule has 4 rings (SSSR count). The first-order valence-corrected chi connectivity index (χ1v) is 8.16. The third-order valence-corrected chi connectivity index (χ3v) is 5.22. The normalized spacial score (nSPS) is 26.1. The van der Waals surface area contributed by atoms with Crippen LogP contribution in [0, 0.1) is 12.3 Å². The summed E-state index contributed by atoms with van der Waals surface area (Å²) in [7, 11) is 0. The predicted molar refractivity (Wildman–Crippen MR) is 86.4 cm³/mol. The standard InChI is InChI=1S/C18H19N3O3/c1-12-9-15(20-24-12)16(22)21-8-7-18(11-21)14(10-19-17(18)23)13-5-3-2-4-6-13/h2-6,9,14H,7-8,10-11H2,1H3,(H,19,23)/t14-,18+/m1/s1. The maximum atomic E-state index is 12.6. The fourth-order valence-corrected chi connectivity index (χ4v) is 3.95. The second-order valence-electron chi connectivity index (χ2n) is 6.63. The lowest BCUT2D eigenvalue weighted by Gasteiger charge is -2.28. The molecule has 3 heterocycles. The van der Waals surface area contributed by atoms with Gasteiger partial charge in [0.2, 0.25) is 5.91 Å². The van der Waals surface area contributed by atoms with E-state index in [4.69, 9.17) is 4.52 Å². The molecule has 1 aromatic heterocycles. The van der Waals surface area contributed by atoms with Crippen molar-refractivity contribution >= 4 is 11.8 Å². The molecule has 0 bridgehead atoms. The number of aryl methyl sites for hydroxylation is 1. The van der Waals surface area contributed by atoms with E-state index in [9.17, 15) is 9.59 Å². The van der Waals surface area contributed by atoms with Gasteiger partial charge in [0, 0.05) is 31.6 Å². The molecule has 2 aliphatic heterocycles. The maximum Gasteiger partial charge on any atom is 0.276 e. The maximum absolute atomic E-state index is 12.6. The number of benzene rings is 1. The largest absolute Gasteiger partial charge is 0.361 e. The van der Waals surface area contributed by atoms with Gasteiger partial charge in [-0.2, -0.15) is 0 Å². The fourth-order valence-electron chi connectivity index (χ4n) is 3.95. The summed E-state index contributed by atoms with van der Waals surface area (Å²) in [6.45, 7) is 3.35. The second kappa shape index (κ2) is 5.47. The zero-order valence-electron chi connectivity index (χ0n) is 13.5. The summed E-state index contributed by atoms with van der Waals surface area (Å²) in [4.78, 5) is 26.9. The van der Waals surface area contributed by atoms with Crippen LogP contribution in [0.2, 0.25) is 0 Å². The molecule has 1 N–H and O–H groups in total. The van der Waals surface area contributed by atoms with Crippen molar-refractivity contribution in [2.45, 2.75) is 19.3 Å². The molecule has 1 aromatic carbocycles. The lowest BCUT2D eigenvalue weighted by atomic mass is 9.73. The van der Waals surface area contributed by atoms with Gasteiger partial charge in [-0.15, -0.1) is 0 Å². The minimum atomic E-state index is -0.546. The predicted octanol–water partition coefficient (Wildman–Crippen LogP) is 1.73. The Hall–Kier alpha value is -2.63. The molecule has 1 spiro atoms. The summed E-state index contributed by atoms with van der Waals surface area (Å²) in [6, 6.07) is 11.7. The van der Waals surface area contributed by atoms with E-state index in [1.54, 1.807) is 17.9 Å². The van der Waals surface area contributed by atoms with Crippen LogP contribution in [0.1, 0.15) is 34.2 Å². The lowest BCUT2D eigenvalue weighted by molar-refractivity contribution is -0.127. The first-order valence-electron chi connectivity index (χ1n) is 8.16. The summed E-state index contributed by atoms with van der Waals surface area (Å²) in [5.41, 5.74) is 0.900. The van der Waals surface area contributed by atoms with Gasteiger partial charge >= 0.3 is 0 Å². The number of carbonyl (C=O) groups is 2. The Kier molecular flexibility index (Phi) is 3.40. The van der Waals surface area contributed by atoms with Crippen molar-refractivity contribution in [2.75, 3.05) is 19.6 Å². The number of amides is 2. The van der Waals surface area contributed by atoms with Crippen LogP contribution in [-0.4, -0.2) is 41.5 Å². The van der Waals surface area contributed by atoms with E-state index < -0.39 is 5.41 Å². The van der Waals surface area contributed by atoms with Crippen molar-refractivity contribution in [1.29, 1.82) is 0 Å². The number of nitrogens with one attached hydrogen (secondary N) is 1. The van der Waals surface area contributed by atoms with Crippen LogP contribution in [0.3, 0.4) is 0 Å². The number of carbonyl (C=O) groups excluding carboxylic acids is 2. The molecular weight excluding hydrogens is 306 g/mol. The minimum Gasteiger partial charge on any atom is -0.361 e. The summed E-state index contributed by atoms with van der Waals surface area (Å²) in [6.07, 6.45) is 0.668. The van der Waals surface area contributed by atoms with Crippen LogP contribution in [-0.2, 0) is 4.79 Å². The molecule has 6 nitrogen and oxygen atoms in total. The first kappa shape index (κ1) is 14.9. The summed E-state index contributed by atoms with van der Waals surface area (Å²) in [5.74, 6) is 0.564. The van der Waals surface area contributed by atoms with Gasteiger partial charge in [0.25, 0.3) is 5.91 Å². The highest BCUT2D eigenvalue weighted by Gasteiger charge is 2.55. The van der Waals surface area contributed by atoms with Crippen molar-refractivity contribution in [3.05, 3.63) is 53.4 Å². The number of likely N-dealkylation sites (tertiary alicyclic amines) is 1. The summed E-state index contributed by atoms with van der Waals surface area (Å²) in [5, 5.41) is 6.80. The molecule has 0 unspecified atom stereocenters. The Morgan fingerprint density at radius 2 is 2.17 bits per heavy atom. The third kappa shape index (κ3) is 2.21. The van der Waals surface area contributed by atoms with E-state index in [0.717, 1.165) is 5.56 Å². The molecular formula is C18H19N3O3. The SMILES string of the molecule is Cc1cc(C(=O)N2CC[C@@]3(C2)C(=O)NC[C@@H]3c2ccccc2)no1. The van der Waals surface area contributed by atoms with E-state index in [2.05, 4.69) is 22.6 Å². The quantitative estimate of drug-likeness (QED) is 0.912. The number of nitrogens with zero attached hydrogens (tertiary/aromatic N) is 2. The number of rotatable bonds is 2. The van der Waals surface area contributed by atoms with Crippen LogP contribution in [0.5, 0.6) is 0 Å². The van der Waals surface area contributed by atoms with E-state index >= 15 is 0 Å². The highest BCUT2D eigenvalue weighted by Crippen LogP contribution is 2.47. The van der Waals surface area contributed by atoms with Gasteiger partial charge in [-0.3, -0.25) is 9.59 Å². The molecule has 0 saturated carbocycles. The van der Waals surface area contributed by atoms with E-state index in [-0.39, 0.29) is 17.7 Å². The van der Waals surface area contributed by atoms with Crippen LogP contribution in [0.4, 0.5) is 0 Å². The molecule has 0 aliphatic carbocycles. The van der Waals surface area contributed by atoms with Crippen molar-refractivity contribution < 1.29 is 14.1 Å². The Labute approximate surface area is 139 Å². The van der Waals surface area contributed by atoms with Gasteiger partial charge in [0.05, 0.1) is 5.41 Å². The zero-order valence-corrected chi connectivity index (χ0v) is 13.5. The molecule has 0 radical (unpaired) electrons. The summed E-state index contributed by atoms with van der Waals surface area (Å²) < 4.78 is 5.00. The van der Waals surface area contributed by atoms with Gasteiger partial charge in [0.1, 0.15) is 5.76 Å². The van der Waals surface area contributed by atoms with Crippen LogP contribution in [0.25, 0.3) is 0 Å². The van der Waals surface area contributed by atoms with E-state index in [1.165, 1.54) is 0 Å². The topological polar surface area (TPSA) is 75.4 Å². The smallest absolute Gasteiger partial charge is 0.276 e. The monoisotopic (exact) mass is 325 g/mol. The van der Waals surface area contributed by atoms with Gasteiger partial charge in [0.15, 0.2) is 5.69 Å². The van der Waals surface area contributed by atoms with Crippen LogP contribution in [0.15, 0.2) is 40.9 Å². The van der Waals surface area contributed by atoms with Gasteiger partial charge in [-0.25, -0.2) is 0 Å². The van der Waals surface area contributed by atoms with Gasteiger partial charge < -0.3 is 14.7 Å². The highest BCUT2D eigenvalue weighted by molar-refractivity contribution is 5.94. The second-order valence-corrected chi connectivity index (χ2v) is 6.63. The van der Waals surface area contributed by atoms with Crippen LogP contribution >= 0.6 is 0 Å². The Balaban J connectivity index is 1.61. The number of hydrogen-bond donors (Lipinski definition) is 1. The molecule has 2 amide bonds. The minimum absolute atomic E-state index is 0.0444. The Morgan fingerprint density at radius 1 is 1.38 bits per heavy atom. The van der Waals surface area contributed by atoms with Crippen LogP contribution < -0.4 is 5.32 Å². The molecule has 2 atom stereocenters. The molecule has 6 heteroatoms. The fraction of sp³-hybridized carbons (Fsp3) is 0.389. The average Bonchev–Trinajstić information content (AvgIpc) is 3.30. The average molecular weight is 325 g/mol. The highest BCUT2D eigenvalue weighted by atomic mass is 16.5. The van der Waals surface area contributed by atoms with Crippen molar-refractivity contribution in [3.63, 3.8) is 0 Å². The van der Waals surface area contributed by atoms with Crippen molar-refractivity contribution in [1.82, 2.24) is 15.4 Å². The molecule has 124 valence electrons. The van der Waals surface area contributed by atoms with Gasteiger partial charge in [-0.05, 0) is 18.9 Å². The Morgan fingerprint density at radius 3 is 2.88 bits per heavy atom. The molecule has 2 aromatic rings. The molecule has 2 aliphatic rings. The lowest BCUT2D eigenvalue weighted by Crippen LogP contribution is -2.39. The molecule has 24 heavy (non-hydrogen) atoms. The Bertz CT molecular complexity index is 786. The summed E-state index contributed by atoms with van der Waals surface area (Å²) >= 11 is 0. The molecule has 2 fully saturated rings.